The van der Waals surface area contributed by atoms with Crippen molar-refractivity contribution in [2.24, 2.45) is 0 Å². The van der Waals surface area contributed by atoms with Crippen molar-refractivity contribution >= 4 is 22.8 Å². The molecule has 2 N–H and O–H groups in total. The van der Waals surface area contributed by atoms with Crippen LogP contribution in [-0.2, 0) is 6.54 Å². The highest BCUT2D eigenvalue weighted by molar-refractivity contribution is 6.34. The molecular formula is C14H13ClN4O2. The number of nitrogens with zero attached hydrogens (tertiary/aromatic N) is 2. The van der Waals surface area contributed by atoms with Crippen molar-refractivity contribution in [1.29, 1.82) is 0 Å². The van der Waals surface area contributed by atoms with Gasteiger partial charge in [-0.2, -0.15) is 0 Å². The zero-order valence-electron chi connectivity index (χ0n) is 11.5. The van der Waals surface area contributed by atoms with E-state index >= 15 is 0 Å². The fourth-order valence-electron chi connectivity index (χ4n) is 2.29. The fraction of sp³-hybridized carbons (Fsp3) is 0.214. The van der Waals surface area contributed by atoms with Crippen LogP contribution in [0.15, 0.2) is 27.8 Å². The van der Waals surface area contributed by atoms with Crippen LogP contribution in [0.3, 0.4) is 0 Å². The molecule has 0 saturated carbocycles. The van der Waals surface area contributed by atoms with Gasteiger partial charge in [0.2, 0.25) is 0 Å². The maximum absolute atomic E-state index is 11.9. The summed E-state index contributed by atoms with van der Waals surface area (Å²) in [5, 5.41) is 0.568. The molecule has 2 heterocycles. The Morgan fingerprint density at radius 1 is 1.29 bits per heavy atom. The maximum Gasteiger partial charge on any atom is 0.330 e. The molecule has 0 aliphatic heterocycles. The lowest BCUT2D eigenvalue weighted by Crippen LogP contribution is -2.29. The Morgan fingerprint density at radius 2 is 2.05 bits per heavy atom. The van der Waals surface area contributed by atoms with Crippen molar-refractivity contribution in [2.75, 3.05) is 0 Å². The van der Waals surface area contributed by atoms with Gasteiger partial charge in [0.05, 0.1) is 5.02 Å². The van der Waals surface area contributed by atoms with E-state index in [0.29, 0.717) is 28.6 Å². The third kappa shape index (κ3) is 2.08. The van der Waals surface area contributed by atoms with E-state index in [2.05, 4.69) is 15.0 Å². The summed E-state index contributed by atoms with van der Waals surface area (Å²) in [4.78, 5) is 33.3. The molecule has 0 aliphatic carbocycles. The first kappa shape index (κ1) is 13.6. The first-order valence-electron chi connectivity index (χ1n) is 6.51. The number of H-pyrrole nitrogens is 2. The monoisotopic (exact) mass is 304 g/mol. The first-order valence-corrected chi connectivity index (χ1v) is 6.89. The van der Waals surface area contributed by atoms with Crippen LogP contribution in [0.2, 0.25) is 5.02 Å². The predicted molar refractivity (Wildman–Crippen MR) is 81.8 cm³/mol. The van der Waals surface area contributed by atoms with Crippen molar-refractivity contribution in [3.63, 3.8) is 0 Å². The van der Waals surface area contributed by atoms with Crippen LogP contribution in [0.5, 0.6) is 0 Å². The third-order valence-corrected chi connectivity index (χ3v) is 3.90. The van der Waals surface area contributed by atoms with Gasteiger partial charge in [-0.3, -0.25) is 14.3 Å². The summed E-state index contributed by atoms with van der Waals surface area (Å²) in [6.45, 7) is 4.12. The summed E-state index contributed by atoms with van der Waals surface area (Å²) in [5.41, 5.74) is 1.26. The van der Waals surface area contributed by atoms with Gasteiger partial charge in [0.25, 0.3) is 5.56 Å². The van der Waals surface area contributed by atoms with Crippen LogP contribution >= 0.6 is 11.6 Å². The van der Waals surface area contributed by atoms with E-state index in [1.165, 1.54) is 4.57 Å². The van der Waals surface area contributed by atoms with Crippen molar-refractivity contribution in [3.05, 3.63) is 49.6 Å². The van der Waals surface area contributed by atoms with E-state index in [1.54, 1.807) is 0 Å². The van der Waals surface area contributed by atoms with Gasteiger partial charge in [0.15, 0.2) is 5.65 Å². The average Bonchev–Trinajstić information content (AvgIpc) is 2.87. The lowest BCUT2D eigenvalue weighted by atomic mass is 10.1. The lowest BCUT2D eigenvalue weighted by Gasteiger charge is -2.03. The largest absolute Gasteiger partial charge is 0.332 e. The van der Waals surface area contributed by atoms with Crippen LogP contribution in [0.25, 0.3) is 22.6 Å². The molecule has 1 aromatic carbocycles. The normalized spacial score (nSPS) is 11.2. The summed E-state index contributed by atoms with van der Waals surface area (Å²) in [6.07, 6.45) is 0. The summed E-state index contributed by atoms with van der Waals surface area (Å²) in [5.74, 6) is 0.469. The molecule has 108 valence electrons. The molecule has 21 heavy (non-hydrogen) atoms. The second kappa shape index (κ2) is 4.89. The number of rotatable bonds is 2. The summed E-state index contributed by atoms with van der Waals surface area (Å²) in [7, 11) is 0. The fourth-order valence-corrected chi connectivity index (χ4v) is 2.51. The zero-order valence-corrected chi connectivity index (χ0v) is 12.3. The lowest BCUT2D eigenvalue weighted by molar-refractivity contribution is 0.720. The molecule has 3 rings (SSSR count). The number of nitrogens with one attached hydrogen (secondary N) is 2. The van der Waals surface area contributed by atoms with E-state index in [1.807, 2.05) is 32.0 Å². The van der Waals surface area contributed by atoms with Crippen molar-refractivity contribution in [2.45, 2.75) is 20.4 Å². The van der Waals surface area contributed by atoms with E-state index in [4.69, 9.17) is 11.6 Å². The van der Waals surface area contributed by atoms with Gasteiger partial charge in [-0.05, 0) is 25.5 Å². The number of hydrogen-bond acceptors (Lipinski definition) is 3. The number of aromatic amines is 2. The molecule has 0 fully saturated rings. The number of fused-ring (bicyclic) bond motifs is 1. The Labute approximate surface area is 124 Å². The topological polar surface area (TPSA) is 83.5 Å². The summed E-state index contributed by atoms with van der Waals surface area (Å²) >= 11 is 6.29. The SMILES string of the molecule is CCn1c(=O)[nH]c(=O)c2[nH]c(-c3cccc(C)c3Cl)nc21. The summed E-state index contributed by atoms with van der Waals surface area (Å²) < 4.78 is 1.40. The minimum Gasteiger partial charge on any atom is -0.332 e. The molecule has 0 bridgehead atoms. The smallest absolute Gasteiger partial charge is 0.330 e. The molecular weight excluding hydrogens is 292 g/mol. The molecule has 0 saturated heterocycles. The van der Waals surface area contributed by atoms with Gasteiger partial charge in [0, 0.05) is 12.1 Å². The molecule has 0 amide bonds. The second-order valence-electron chi connectivity index (χ2n) is 4.72. The molecule has 6 nitrogen and oxygen atoms in total. The molecule has 0 spiro atoms. The van der Waals surface area contributed by atoms with Crippen LogP contribution < -0.4 is 11.2 Å². The van der Waals surface area contributed by atoms with Crippen LogP contribution in [0.4, 0.5) is 0 Å². The van der Waals surface area contributed by atoms with E-state index in [0.717, 1.165) is 5.56 Å². The zero-order chi connectivity index (χ0) is 15.1. The minimum atomic E-state index is -0.484. The standard InChI is InChI=1S/C14H13ClN4O2/c1-3-19-12-10(13(20)18-14(19)21)16-11(17-12)8-6-4-5-7(2)9(8)15/h4-6H,3H2,1-2H3,(H,16,17)(H,18,20,21). The third-order valence-electron chi connectivity index (χ3n) is 3.40. The predicted octanol–water partition coefficient (Wildman–Crippen LogP) is 2.06. The van der Waals surface area contributed by atoms with E-state index in [-0.39, 0.29) is 5.52 Å². The molecule has 2 aromatic heterocycles. The van der Waals surface area contributed by atoms with Gasteiger partial charge in [-0.25, -0.2) is 9.78 Å². The Balaban J connectivity index is 2.37. The Kier molecular flexibility index (Phi) is 3.17. The highest BCUT2D eigenvalue weighted by Gasteiger charge is 2.15. The van der Waals surface area contributed by atoms with Crippen LogP contribution in [-0.4, -0.2) is 19.5 Å². The number of imidazole rings is 1. The Bertz CT molecular complexity index is 952. The van der Waals surface area contributed by atoms with Crippen molar-refractivity contribution in [3.8, 4) is 11.4 Å². The van der Waals surface area contributed by atoms with Gasteiger partial charge < -0.3 is 4.98 Å². The highest BCUT2D eigenvalue weighted by Crippen LogP contribution is 2.29. The molecule has 7 heteroatoms. The number of halogens is 1. The highest BCUT2D eigenvalue weighted by atomic mass is 35.5. The van der Waals surface area contributed by atoms with Gasteiger partial charge in [-0.15, -0.1) is 0 Å². The number of hydrogen-bond donors (Lipinski definition) is 2. The molecule has 0 aliphatic rings. The Hall–Kier alpha value is -2.34. The van der Waals surface area contributed by atoms with Crippen LogP contribution in [0.1, 0.15) is 12.5 Å². The van der Waals surface area contributed by atoms with E-state index in [9.17, 15) is 9.59 Å². The van der Waals surface area contributed by atoms with Crippen molar-refractivity contribution < 1.29 is 0 Å². The molecule has 3 aromatic rings. The van der Waals surface area contributed by atoms with Gasteiger partial charge >= 0.3 is 5.69 Å². The minimum absolute atomic E-state index is 0.268. The first-order chi connectivity index (χ1) is 10.0. The quantitative estimate of drug-likeness (QED) is 0.760. The number of aryl methyl sites for hydroxylation is 2. The maximum atomic E-state index is 11.9. The van der Waals surface area contributed by atoms with Gasteiger partial charge in [0.1, 0.15) is 11.3 Å². The Morgan fingerprint density at radius 3 is 2.76 bits per heavy atom. The second-order valence-corrected chi connectivity index (χ2v) is 5.10. The average molecular weight is 305 g/mol. The summed E-state index contributed by atoms with van der Waals surface area (Å²) in [6, 6.07) is 5.57. The van der Waals surface area contributed by atoms with Gasteiger partial charge in [-0.1, -0.05) is 23.7 Å². The number of aromatic nitrogens is 4. The molecule has 0 radical (unpaired) electrons. The number of benzene rings is 1. The molecule has 0 atom stereocenters. The molecule has 0 unspecified atom stereocenters. The van der Waals surface area contributed by atoms with Crippen LogP contribution in [0, 0.1) is 6.92 Å². The van der Waals surface area contributed by atoms with E-state index < -0.39 is 11.2 Å². The van der Waals surface area contributed by atoms with Crippen molar-refractivity contribution in [1.82, 2.24) is 19.5 Å².